The molecule has 1 aliphatic rings. The van der Waals surface area contributed by atoms with Crippen molar-refractivity contribution >= 4 is 23.1 Å². The van der Waals surface area contributed by atoms with Crippen molar-refractivity contribution in [2.75, 3.05) is 16.8 Å². The topological polar surface area (TPSA) is 45.2 Å². The van der Waals surface area contributed by atoms with Crippen molar-refractivity contribution < 1.29 is 4.79 Å². The summed E-state index contributed by atoms with van der Waals surface area (Å²) in [6, 6.07) is 16.2. The van der Waals surface area contributed by atoms with Gasteiger partial charge < -0.3 is 10.2 Å². The van der Waals surface area contributed by atoms with Gasteiger partial charge in [0, 0.05) is 29.7 Å². The molecule has 2 aromatic carbocycles. The third-order valence-corrected chi connectivity index (χ3v) is 5.09. The van der Waals surface area contributed by atoms with E-state index < -0.39 is 0 Å². The van der Waals surface area contributed by atoms with E-state index in [1.165, 1.54) is 16.8 Å². The first-order valence-corrected chi connectivity index (χ1v) is 9.23. The minimum absolute atomic E-state index is 0.110. The molecule has 136 valence electrons. The Hall–Kier alpha value is -3.14. The quantitative estimate of drug-likeness (QED) is 0.721. The lowest BCUT2D eigenvalue weighted by Crippen LogP contribution is -2.18. The van der Waals surface area contributed by atoms with Crippen molar-refractivity contribution in [1.29, 1.82) is 0 Å². The molecule has 0 saturated heterocycles. The number of aromatic nitrogens is 1. The Morgan fingerprint density at radius 2 is 1.78 bits per heavy atom. The molecule has 3 aromatic rings. The Balaban J connectivity index is 1.61. The molecule has 4 rings (SSSR count). The molecule has 0 bridgehead atoms. The van der Waals surface area contributed by atoms with Crippen molar-refractivity contribution in [3.05, 3.63) is 82.5 Å². The normalized spacial score (nSPS) is 12.8. The Bertz CT molecular complexity index is 1000. The number of aryl methyl sites for hydroxylation is 3. The Morgan fingerprint density at radius 3 is 2.56 bits per heavy atom. The van der Waals surface area contributed by atoms with Crippen molar-refractivity contribution in [3.8, 4) is 0 Å². The number of nitrogens with one attached hydrogen (secondary N) is 1. The molecule has 1 amide bonds. The molecule has 0 fully saturated rings. The molecule has 0 radical (unpaired) electrons. The van der Waals surface area contributed by atoms with Crippen molar-refractivity contribution in [3.63, 3.8) is 0 Å². The Kier molecular flexibility index (Phi) is 4.40. The molecule has 1 N–H and O–H groups in total. The number of pyridine rings is 1. The summed E-state index contributed by atoms with van der Waals surface area (Å²) in [5, 5.41) is 3.07. The number of rotatable bonds is 3. The molecular formula is C23H23N3O. The van der Waals surface area contributed by atoms with Gasteiger partial charge in [-0.1, -0.05) is 35.9 Å². The number of fused-ring (bicyclic) bond motifs is 1. The highest BCUT2D eigenvalue weighted by atomic mass is 16.1. The predicted octanol–water partition coefficient (Wildman–Crippen LogP) is 4.95. The molecule has 0 unspecified atom stereocenters. The van der Waals surface area contributed by atoms with Crippen LogP contribution >= 0.6 is 0 Å². The highest BCUT2D eigenvalue weighted by Crippen LogP contribution is 2.33. The molecule has 4 heteroatoms. The minimum Gasteiger partial charge on any atom is -0.326 e. The van der Waals surface area contributed by atoms with E-state index in [0.717, 1.165) is 35.6 Å². The van der Waals surface area contributed by atoms with Gasteiger partial charge in [0.15, 0.2) is 0 Å². The van der Waals surface area contributed by atoms with Crippen LogP contribution in [0, 0.1) is 20.8 Å². The zero-order valence-electron chi connectivity index (χ0n) is 15.9. The summed E-state index contributed by atoms with van der Waals surface area (Å²) in [7, 11) is 0. The van der Waals surface area contributed by atoms with Crippen LogP contribution in [0.2, 0.25) is 0 Å². The fourth-order valence-corrected chi connectivity index (χ4v) is 3.85. The number of nitrogens with zero attached hydrogens (tertiary/aromatic N) is 2. The predicted molar refractivity (Wildman–Crippen MR) is 110 cm³/mol. The molecule has 27 heavy (non-hydrogen) atoms. The van der Waals surface area contributed by atoms with Crippen LogP contribution in [-0.4, -0.2) is 17.4 Å². The maximum Gasteiger partial charge on any atom is 0.255 e. The SMILES string of the molecule is Cc1cc(C)c(NC(=O)c2ccnc(N3CCc4ccccc43)c2)c(C)c1. The van der Waals surface area contributed by atoms with Gasteiger partial charge in [-0.15, -0.1) is 0 Å². The van der Waals surface area contributed by atoms with Gasteiger partial charge in [0.1, 0.15) is 5.82 Å². The van der Waals surface area contributed by atoms with Crippen LogP contribution in [0.5, 0.6) is 0 Å². The van der Waals surface area contributed by atoms with Crippen LogP contribution < -0.4 is 10.2 Å². The third kappa shape index (κ3) is 3.31. The number of amides is 1. The Labute approximate surface area is 159 Å². The summed E-state index contributed by atoms with van der Waals surface area (Å²) in [6.07, 6.45) is 2.70. The lowest BCUT2D eigenvalue weighted by molar-refractivity contribution is 0.102. The summed E-state index contributed by atoms with van der Waals surface area (Å²) >= 11 is 0. The number of para-hydroxylation sites is 1. The second-order valence-electron chi connectivity index (χ2n) is 7.16. The minimum atomic E-state index is -0.110. The number of carbonyl (C=O) groups excluding carboxylic acids is 1. The number of carbonyl (C=O) groups is 1. The summed E-state index contributed by atoms with van der Waals surface area (Å²) in [5.74, 6) is 0.700. The Morgan fingerprint density at radius 1 is 1.04 bits per heavy atom. The van der Waals surface area contributed by atoms with E-state index in [9.17, 15) is 4.79 Å². The number of anilines is 3. The molecule has 0 saturated carbocycles. The zero-order valence-corrected chi connectivity index (χ0v) is 15.9. The highest BCUT2D eigenvalue weighted by Gasteiger charge is 2.21. The molecule has 0 atom stereocenters. The van der Waals surface area contributed by atoms with Crippen LogP contribution in [0.4, 0.5) is 17.2 Å². The second kappa shape index (κ2) is 6.88. The van der Waals surface area contributed by atoms with E-state index in [2.05, 4.69) is 52.5 Å². The summed E-state index contributed by atoms with van der Waals surface area (Å²) < 4.78 is 0. The van der Waals surface area contributed by atoms with E-state index in [0.29, 0.717) is 5.56 Å². The monoisotopic (exact) mass is 357 g/mol. The first-order valence-electron chi connectivity index (χ1n) is 9.23. The summed E-state index contributed by atoms with van der Waals surface area (Å²) in [4.78, 5) is 19.5. The number of hydrogen-bond donors (Lipinski definition) is 1. The lowest BCUT2D eigenvalue weighted by Gasteiger charge is -2.19. The van der Waals surface area contributed by atoms with Gasteiger partial charge in [0.2, 0.25) is 0 Å². The van der Waals surface area contributed by atoms with Gasteiger partial charge in [-0.05, 0) is 62.1 Å². The number of hydrogen-bond acceptors (Lipinski definition) is 3. The standard InChI is InChI=1S/C23H23N3O/c1-15-12-16(2)22(17(3)13-15)25-23(27)19-8-10-24-21(14-19)26-11-9-18-6-4-5-7-20(18)26/h4-8,10,12-14H,9,11H2,1-3H3,(H,25,27). The first-order chi connectivity index (χ1) is 13.0. The van der Waals surface area contributed by atoms with E-state index in [1.54, 1.807) is 12.3 Å². The summed E-state index contributed by atoms with van der Waals surface area (Å²) in [5.41, 5.74) is 7.33. The maximum atomic E-state index is 12.9. The number of benzene rings is 2. The molecule has 2 heterocycles. The van der Waals surface area contributed by atoms with Crippen LogP contribution in [0.25, 0.3) is 0 Å². The van der Waals surface area contributed by atoms with Crippen LogP contribution in [0.1, 0.15) is 32.6 Å². The highest BCUT2D eigenvalue weighted by molar-refractivity contribution is 6.05. The summed E-state index contributed by atoms with van der Waals surface area (Å²) in [6.45, 7) is 6.99. The fourth-order valence-electron chi connectivity index (χ4n) is 3.85. The van der Waals surface area contributed by atoms with E-state index in [1.807, 2.05) is 26.0 Å². The van der Waals surface area contributed by atoms with Crippen molar-refractivity contribution in [2.24, 2.45) is 0 Å². The third-order valence-electron chi connectivity index (χ3n) is 5.09. The van der Waals surface area contributed by atoms with Crippen LogP contribution in [-0.2, 0) is 6.42 Å². The molecule has 1 aliphatic heterocycles. The van der Waals surface area contributed by atoms with Crippen LogP contribution in [0.3, 0.4) is 0 Å². The van der Waals surface area contributed by atoms with Gasteiger partial charge in [-0.25, -0.2) is 4.98 Å². The van der Waals surface area contributed by atoms with Crippen LogP contribution in [0.15, 0.2) is 54.7 Å². The second-order valence-corrected chi connectivity index (χ2v) is 7.16. The first kappa shape index (κ1) is 17.3. The lowest BCUT2D eigenvalue weighted by atomic mass is 10.0. The molecule has 0 spiro atoms. The van der Waals surface area contributed by atoms with E-state index in [4.69, 9.17) is 0 Å². The average Bonchev–Trinajstić information content (AvgIpc) is 3.09. The molecule has 0 aliphatic carbocycles. The van der Waals surface area contributed by atoms with Gasteiger partial charge in [0.05, 0.1) is 0 Å². The van der Waals surface area contributed by atoms with Gasteiger partial charge in [-0.3, -0.25) is 4.79 Å². The van der Waals surface area contributed by atoms with Crippen molar-refractivity contribution in [1.82, 2.24) is 4.98 Å². The van der Waals surface area contributed by atoms with Gasteiger partial charge >= 0.3 is 0 Å². The zero-order chi connectivity index (χ0) is 19.0. The molecule has 4 nitrogen and oxygen atoms in total. The van der Waals surface area contributed by atoms with E-state index >= 15 is 0 Å². The van der Waals surface area contributed by atoms with E-state index in [-0.39, 0.29) is 5.91 Å². The average molecular weight is 357 g/mol. The van der Waals surface area contributed by atoms with Gasteiger partial charge in [-0.2, -0.15) is 0 Å². The fraction of sp³-hybridized carbons (Fsp3) is 0.217. The van der Waals surface area contributed by atoms with Crippen molar-refractivity contribution in [2.45, 2.75) is 27.2 Å². The smallest absolute Gasteiger partial charge is 0.255 e. The molecule has 1 aromatic heterocycles. The largest absolute Gasteiger partial charge is 0.326 e. The maximum absolute atomic E-state index is 12.9. The molecular weight excluding hydrogens is 334 g/mol. The van der Waals surface area contributed by atoms with Gasteiger partial charge in [0.25, 0.3) is 5.91 Å².